The van der Waals surface area contributed by atoms with Gasteiger partial charge in [0.15, 0.2) is 0 Å². The molecular weight excluding hydrogens is 334 g/mol. The lowest BCUT2D eigenvalue weighted by atomic mass is 10.2. The van der Waals surface area contributed by atoms with Crippen LogP contribution in [0.4, 0.5) is 5.69 Å². The van der Waals surface area contributed by atoms with Crippen molar-refractivity contribution in [1.82, 2.24) is 9.88 Å². The molecule has 26 heavy (non-hydrogen) atoms. The second-order valence-electron chi connectivity index (χ2n) is 5.66. The van der Waals surface area contributed by atoms with Gasteiger partial charge in [-0.2, -0.15) is 0 Å². The van der Waals surface area contributed by atoms with Crippen molar-refractivity contribution < 1.29 is 19.1 Å². The molecule has 1 heterocycles. The first-order valence-electron chi connectivity index (χ1n) is 8.19. The number of nitrogens with zero attached hydrogens (tertiary/aromatic N) is 2. The molecule has 0 atom stereocenters. The first kappa shape index (κ1) is 19.2. The number of benzene rings is 1. The van der Waals surface area contributed by atoms with Gasteiger partial charge in [-0.15, -0.1) is 0 Å². The molecular formula is C19H23N3O4. The van der Waals surface area contributed by atoms with Crippen LogP contribution in [0.5, 0.6) is 11.5 Å². The predicted molar refractivity (Wildman–Crippen MR) is 98.1 cm³/mol. The van der Waals surface area contributed by atoms with Crippen LogP contribution < -0.4 is 14.8 Å². The third kappa shape index (κ3) is 5.47. The van der Waals surface area contributed by atoms with Crippen molar-refractivity contribution in [2.24, 2.45) is 0 Å². The molecule has 1 N–H and O–H groups in total. The second kappa shape index (κ2) is 9.41. The Morgan fingerprint density at radius 1 is 1.12 bits per heavy atom. The largest absolute Gasteiger partial charge is 0.497 e. The quantitative estimate of drug-likeness (QED) is 0.785. The average molecular weight is 357 g/mol. The van der Waals surface area contributed by atoms with Gasteiger partial charge in [-0.25, -0.2) is 0 Å². The summed E-state index contributed by atoms with van der Waals surface area (Å²) in [6.07, 6.45) is 3.52. The molecule has 0 saturated heterocycles. The number of hydrogen-bond acceptors (Lipinski definition) is 5. The van der Waals surface area contributed by atoms with E-state index in [0.717, 1.165) is 5.56 Å². The highest BCUT2D eigenvalue weighted by molar-refractivity contribution is 5.93. The van der Waals surface area contributed by atoms with Crippen LogP contribution in [0.1, 0.15) is 18.9 Å². The SMILES string of the molecule is COc1ccc(OC)c(NC(=O)CCN(Cc2ccncc2)C(C)=O)c1. The van der Waals surface area contributed by atoms with Gasteiger partial charge in [-0.3, -0.25) is 14.6 Å². The van der Waals surface area contributed by atoms with E-state index >= 15 is 0 Å². The van der Waals surface area contributed by atoms with Gasteiger partial charge in [0.05, 0.1) is 19.9 Å². The summed E-state index contributed by atoms with van der Waals surface area (Å²) in [5.74, 6) is 0.856. The number of carbonyl (C=O) groups excluding carboxylic acids is 2. The van der Waals surface area contributed by atoms with E-state index in [2.05, 4.69) is 10.3 Å². The number of aromatic nitrogens is 1. The molecule has 2 rings (SSSR count). The van der Waals surface area contributed by atoms with Crippen LogP contribution in [0.15, 0.2) is 42.7 Å². The van der Waals surface area contributed by atoms with Gasteiger partial charge in [0, 0.05) is 44.9 Å². The number of ether oxygens (including phenoxy) is 2. The molecule has 0 radical (unpaired) electrons. The molecule has 0 aliphatic heterocycles. The van der Waals surface area contributed by atoms with Crippen LogP contribution in [0.2, 0.25) is 0 Å². The van der Waals surface area contributed by atoms with Gasteiger partial charge in [0.25, 0.3) is 0 Å². The molecule has 2 aromatic rings. The van der Waals surface area contributed by atoms with E-state index in [1.165, 1.54) is 14.0 Å². The standard InChI is InChI=1S/C19H23N3O4/c1-14(23)22(13-15-6-9-20-10-7-15)11-8-19(24)21-17-12-16(25-2)4-5-18(17)26-3/h4-7,9-10,12H,8,11,13H2,1-3H3,(H,21,24). The minimum absolute atomic E-state index is 0.0893. The van der Waals surface area contributed by atoms with Gasteiger partial charge in [0.2, 0.25) is 11.8 Å². The van der Waals surface area contributed by atoms with Crippen molar-refractivity contribution in [3.8, 4) is 11.5 Å². The van der Waals surface area contributed by atoms with Crippen molar-refractivity contribution in [2.45, 2.75) is 19.9 Å². The number of pyridine rings is 1. The maximum absolute atomic E-state index is 12.3. The lowest BCUT2D eigenvalue weighted by molar-refractivity contribution is -0.129. The lowest BCUT2D eigenvalue weighted by Gasteiger charge is -2.21. The molecule has 2 amide bonds. The molecule has 7 heteroatoms. The van der Waals surface area contributed by atoms with Crippen LogP contribution >= 0.6 is 0 Å². The number of amides is 2. The Kier molecular flexibility index (Phi) is 6.96. The van der Waals surface area contributed by atoms with E-state index < -0.39 is 0 Å². The molecule has 0 spiro atoms. The van der Waals surface area contributed by atoms with E-state index in [1.54, 1.807) is 42.6 Å². The first-order chi connectivity index (χ1) is 12.5. The Bertz CT molecular complexity index is 750. The third-order valence-corrected chi connectivity index (χ3v) is 3.86. The Balaban J connectivity index is 1.97. The monoisotopic (exact) mass is 357 g/mol. The highest BCUT2D eigenvalue weighted by Crippen LogP contribution is 2.28. The summed E-state index contributed by atoms with van der Waals surface area (Å²) >= 11 is 0. The molecule has 0 saturated carbocycles. The number of methoxy groups -OCH3 is 2. The number of carbonyl (C=O) groups is 2. The van der Waals surface area contributed by atoms with Gasteiger partial charge in [0.1, 0.15) is 11.5 Å². The van der Waals surface area contributed by atoms with E-state index in [9.17, 15) is 9.59 Å². The third-order valence-electron chi connectivity index (χ3n) is 3.86. The Labute approximate surface area is 152 Å². The van der Waals surface area contributed by atoms with Crippen LogP contribution in [0.3, 0.4) is 0 Å². The molecule has 138 valence electrons. The van der Waals surface area contributed by atoms with E-state index in [1.807, 2.05) is 12.1 Å². The fourth-order valence-corrected chi connectivity index (χ4v) is 2.42. The summed E-state index contributed by atoms with van der Waals surface area (Å²) in [4.78, 5) is 29.7. The zero-order valence-electron chi connectivity index (χ0n) is 15.2. The van der Waals surface area contributed by atoms with Crippen LogP contribution in [0, 0.1) is 0 Å². The van der Waals surface area contributed by atoms with E-state index in [4.69, 9.17) is 9.47 Å². The Morgan fingerprint density at radius 2 is 1.85 bits per heavy atom. The topological polar surface area (TPSA) is 80.8 Å². The smallest absolute Gasteiger partial charge is 0.226 e. The molecule has 1 aromatic heterocycles. The molecule has 1 aromatic carbocycles. The Morgan fingerprint density at radius 3 is 2.46 bits per heavy atom. The molecule has 0 aliphatic rings. The highest BCUT2D eigenvalue weighted by atomic mass is 16.5. The Hall–Kier alpha value is -3.09. The van der Waals surface area contributed by atoms with Crippen LogP contribution in [-0.2, 0) is 16.1 Å². The number of anilines is 1. The fraction of sp³-hybridized carbons (Fsp3) is 0.316. The molecule has 0 aliphatic carbocycles. The number of rotatable bonds is 8. The fourth-order valence-electron chi connectivity index (χ4n) is 2.42. The number of hydrogen-bond donors (Lipinski definition) is 1. The summed E-state index contributed by atoms with van der Waals surface area (Å²) < 4.78 is 10.4. The summed E-state index contributed by atoms with van der Waals surface area (Å²) in [5, 5.41) is 2.80. The van der Waals surface area contributed by atoms with Crippen LogP contribution in [-0.4, -0.2) is 42.5 Å². The van der Waals surface area contributed by atoms with Gasteiger partial charge in [-0.05, 0) is 29.8 Å². The van der Waals surface area contributed by atoms with Crippen LogP contribution in [0.25, 0.3) is 0 Å². The molecule has 0 fully saturated rings. The minimum Gasteiger partial charge on any atom is -0.497 e. The lowest BCUT2D eigenvalue weighted by Crippen LogP contribution is -2.31. The highest BCUT2D eigenvalue weighted by Gasteiger charge is 2.14. The van der Waals surface area contributed by atoms with Gasteiger partial charge in [-0.1, -0.05) is 0 Å². The zero-order chi connectivity index (χ0) is 18.9. The van der Waals surface area contributed by atoms with Crippen molar-refractivity contribution >= 4 is 17.5 Å². The summed E-state index contributed by atoms with van der Waals surface area (Å²) in [6.45, 7) is 2.24. The van der Waals surface area contributed by atoms with Gasteiger partial charge < -0.3 is 19.7 Å². The minimum atomic E-state index is -0.211. The van der Waals surface area contributed by atoms with Crippen molar-refractivity contribution in [3.63, 3.8) is 0 Å². The predicted octanol–water partition coefficient (Wildman–Crippen LogP) is 2.48. The van der Waals surface area contributed by atoms with Crippen molar-refractivity contribution in [3.05, 3.63) is 48.3 Å². The second-order valence-corrected chi connectivity index (χ2v) is 5.66. The van der Waals surface area contributed by atoms with E-state index in [0.29, 0.717) is 30.3 Å². The van der Waals surface area contributed by atoms with Crippen molar-refractivity contribution in [2.75, 3.05) is 26.1 Å². The number of nitrogens with one attached hydrogen (secondary N) is 1. The van der Waals surface area contributed by atoms with E-state index in [-0.39, 0.29) is 18.2 Å². The van der Waals surface area contributed by atoms with Crippen molar-refractivity contribution in [1.29, 1.82) is 0 Å². The summed E-state index contributed by atoms with van der Waals surface area (Å²) in [6, 6.07) is 8.85. The normalized spacial score (nSPS) is 10.1. The first-order valence-corrected chi connectivity index (χ1v) is 8.19. The van der Waals surface area contributed by atoms with Gasteiger partial charge >= 0.3 is 0 Å². The molecule has 0 bridgehead atoms. The zero-order valence-corrected chi connectivity index (χ0v) is 15.2. The average Bonchev–Trinajstić information content (AvgIpc) is 2.65. The summed E-state index contributed by atoms with van der Waals surface area (Å²) in [7, 11) is 3.08. The summed E-state index contributed by atoms with van der Waals surface area (Å²) in [5.41, 5.74) is 1.49. The maximum Gasteiger partial charge on any atom is 0.226 e. The molecule has 7 nitrogen and oxygen atoms in total. The maximum atomic E-state index is 12.3. The molecule has 0 unspecified atom stereocenters.